The van der Waals surface area contributed by atoms with E-state index in [4.69, 9.17) is 4.74 Å². The summed E-state index contributed by atoms with van der Waals surface area (Å²) in [5, 5.41) is 27.9. The van der Waals surface area contributed by atoms with Gasteiger partial charge in [-0.15, -0.1) is 10.2 Å². The Morgan fingerprint density at radius 3 is 2.79 bits per heavy atom. The van der Waals surface area contributed by atoms with Gasteiger partial charge in [0.2, 0.25) is 5.91 Å². The highest BCUT2D eigenvalue weighted by atomic mass is 16.5. The van der Waals surface area contributed by atoms with Crippen LogP contribution in [-0.2, 0) is 18.4 Å². The number of aryl methyl sites for hydroxylation is 1. The smallest absolute Gasteiger partial charge is 0.228 e. The number of anilines is 3. The van der Waals surface area contributed by atoms with Gasteiger partial charge < -0.3 is 20.5 Å². The van der Waals surface area contributed by atoms with Crippen LogP contribution < -0.4 is 15.4 Å². The van der Waals surface area contributed by atoms with E-state index in [0.717, 1.165) is 12.8 Å². The Labute approximate surface area is 166 Å². The second kappa shape index (κ2) is 7.84. The Balaban J connectivity index is 1.66. The molecular formula is C19H21N7O3. The number of hydrogen-bond donors (Lipinski definition) is 3. The number of aliphatic hydroxyl groups excluding tert-OH is 1. The second-order valence-electron chi connectivity index (χ2n) is 6.76. The van der Waals surface area contributed by atoms with Crippen molar-refractivity contribution >= 4 is 23.1 Å². The molecule has 10 heteroatoms. The van der Waals surface area contributed by atoms with Gasteiger partial charge in [0.15, 0.2) is 17.4 Å². The quantitative estimate of drug-likeness (QED) is 0.553. The van der Waals surface area contributed by atoms with Gasteiger partial charge in [-0.1, -0.05) is 6.07 Å². The molecule has 2 heterocycles. The van der Waals surface area contributed by atoms with Crippen LogP contribution in [-0.4, -0.2) is 43.1 Å². The topological polar surface area (TPSA) is 127 Å². The van der Waals surface area contributed by atoms with Crippen LogP contribution in [0.25, 0.3) is 11.4 Å². The third-order valence-corrected chi connectivity index (χ3v) is 4.55. The van der Waals surface area contributed by atoms with E-state index in [-0.39, 0.29) is 18.4 Å². The minimum absolute atomic E-state index is 0.0494. The Hall–Kier alpha value is -3.53. The van der Waals surface area contributed by atoms with E-state index in [0.29, 0.717) is 40.0 Å². The van der Waals surface area contributed by atoms with E-state index in [2.05, 4.69) is 30.9 Å². The molecule has 0 radical (unpaired) electrons. The van der Waals surface area contributed by atoms with Crippen molar-refractivity contribution in [2.45, 2.75) is 19.4 Å². The van der Waals surface area contributed by atoms with Crippen LogP contribution in [0.4, 0.5) is 17.2 Å². The van der Waals surface area contributed by atoms with Crippen molar-refractivity contribution in [3.63, 3.8) is 0 Å². The highest BCUT2D eigenvalue weighted by Gasteiger charge is 2.30. The van der Waals surface area contributed by atoms with Gasteiger partial charge >= 0.3 is 0 Å². The van der Waals surface area contributed by atoms with Crippen molar-refractivity contribution in [3.8, 4) is 17.1 Å². The molecule has 1 saturated carbocycles. The number of nitrogens with zero attached hydrogens (tertiary/aromatic N) is 5. The molecule has 0 spiro atoms. The van der Waals surface area contributed by atoms with Gasteiger partial charge in [0, 0.05) is 19.0 Å². The van der Waals surface area contributed by atoms with Crippen LogP contribution in [0, 0.1) is 5.92 Å². The summed E-state index contributed by atoms with van der Waals surface area (Å²) in [5.41, 5.74) is 2.21. The molecule has 150 valence electrons. The summed E-state index contributed by atoms with van der Waals surface area (Å²) in [7, 11) is 3.35. The highest BCUT2D eigenvalue weighted by molar-refractivity contribution is 5.93. The molecule has 0 atom stereocenters. The maximum absolute atomic E-state index is 12.0. The van der Waals surface area contributed by atoms with Crippen LogP contribution in [0.2, 0.25) is 0 Å². The van der Waals surface area contributed by atoms with E-state index in [9.17, 15) is 9.90 Å². The fourth-order valence-corrected chi connectivity index (χ4v) is 2.92. The van der Waals surface area contributed by atoms with Crippen LogP contribution in [0.3, 0.4) is 0 Å². The fourth-order valence-electron chi connectivity index (χ4n) is 2.92. The molecule has 1 amide bonds. The van der Waals surface area contributed by atoms with Gasteiger partial charge in [-0.25, -0.2) is 4.98 Å². The molecule has 1 aliphatic rings. The Morgan fingerprint density at radius 2 is 2.14 bits per heavy atom. The summed E-state index contributed by atoms with van der Waals surface area (Å²) in [6.45, 7) is -0.310. The van der Waals surface area contributed by atoms with Gasteiger partial charge in [0.25, 0.3) is 0 Å². The number of ether oxygens (including phenoxy) is 1. The largest absolute Gasteiger partial charge is 0.494 e. The van der Waals surface area contributed by atoms with Crippen LogP contribution in [0.1, 0.15) is 18.5 Å². The molecule has 1 aromatic carbocycles. The maximum Gasteiger partial charge on any atom is 0.228 e. The Kier molecular flexibility index (Phi) is 5.09. The van der Waals surface area contributed by atoms with Crippen LogP contribution in [0.15, 0.2) is 30.6 Å². The number of carbonyl (C=O) groups is 1. The lowest BCUT2D eigenvalue weighted by atomic mass is 10.1. The summed E-state index contributed by atoms with van der Waals surface area (Å²) in [4.78, 5) is 16.3. The third-order valence-electron chi connectivity index (χ3n) is 4.55. The van der Waals surface area contributed by atoms with Gasteiger partial charge in [-0.05, 0) is 25.0 Å². The zero-order valence-corrected chi connectivity index (χ0v) is 16.1. The zero-order valence-electron chi connectivity index (χ0n) is 16.1. The number of para-hydroxylation sites is 1. The van der Waals surface area contributed by atoms with E-state index in [1.165, 1.54) is 0 Å². The summed E-state index contributed by atoms with van der Waals surface area (Å²) in [6.07, 6.45) is 3.40. The van der Waals surface area contributed by atoms with Crippen molar-refractivity contribution in [3.05, 3.63) is 36.3 Å². The number of amides is 1. The molecule has 3 N–H and O–H groups in total. The molecule has 1 aliphatic carbocycles. The van der Waals surface area contributed by atoms with Gasteiger partial charge in [0.1, 0.15) is 12.0 Å². The second-order valence-corrected chi connectivity index (χ2v) is 6.76. The SMILES string of the molecule is COc1c(Nc2cc(NC(=O)C3CC3)nnc2CO)cccc1-c1ncn(C)n1. The first-order valence-corrected chi connectivity index (χ1v) is 9.17. The van der Waals surface area contributed by atoms with E-state index >= 15 is 0 Å². The molecule has 10 nitrogen and oxygen atoms in total. The fraction of sp³-hybridized carbons (Fsp3) is 0.316. The lowest BCUT2D eigenvalue weighted by molar-refractivity contribution is -0.117. The van der Waals surface area contributed by atoms with Crippen molar-refractivity contribution < 1.29 is 14.6 Å². The van der Waals surface area contributed by atoms with E-state index in [1.54, 1.807) is 31.2 Å². The normalized spacial score (nSPS) is 13.2. The number of carbonyl (C=O) groups excluding carboxylic acids is 1. The highest BCUT2D eigenvalue weighted by Crippen LogP contribution is 2.37. The molecule has 0 aliphatic heterocycles. The average molecular weight is 395 g/mol. The first-order chi connectivity index (χ1) is 14.1. The summed E-state index contributed by atoms with van der Waals surface area (Å²) < 4.78 is 7.21. The Morgan fingerprint density at radius 1 is 1.31 bits per heavy atom. The number of hydrogen-bond acceptors (Lipinski definition) is 8. The number of aromatic nitrogens is 5. The molecule has 0 unspecified atom stereocenters. The number of aliphatic hydroxyl groups is 1. The average Bonchev–Trinajstić information content (AvgIpc) is 3.49. The third kappa shape index (κ3) is 4.02. The summed E-state index contributed by atoms with van der Waals surface area (Å²) >= 11 is 0. The molecule has 3 aromatic rings. The molecule has 4 rings (SSSR count). The van der Waals surface area contributed by atoms with Crippen LogP contribution in [0.5, 0.6) is 5.75 Å². The first kappa shape index (κ1) is 18.8. The van der Waals surface area contributed by atoms with E-state index in [1.807, 2.05) is 18.2 Å². The molecule has 29 heavy (non-hydrogen) atoms. The molecule has 0 saturated heterocycles. The number of nitrogens with one attached hydrogen (secondary N) is 2. The minimum atomic E-state index is -0.310. The maximum atomic E-state index is 12.0. The first-order valence-electron chi connectivity index (χ1n) is 9.17. The number of rotatable bonds is 7. The minimum Gasteiger partial charge on any atom is -0.494 e. The van der Waals surface area contributed by atoms with Crippen molar-refractivity contribution in [1.29, 1.82) is 0 Å². The molecule has 2 aromatic heterocycles. The monoisotopic (exact) mass is 395 g/mol. The number of benzene rings is 1. The number of methoxy groups -OCH3 is 1. The Bertz CT molecular complexity index is 1050. The predicted octanol–water partition coefficient (Wildman–Crippen LogP) is 1.87. The molecular weight excluding hydrogens is 374 g/mol. The van der Waals surface area contributed by atoms with Crippen molar-refractivity contribution in [1.82, 2.24) is 25.0 Å². The van der Waals surface area contributed by atoms with Crippen molar-refractivity contribution in [2.75, 3.05) is 17.7 Å². The lowest BCUT2D eigenvalue weighted by Crippen LogP contribution is -2.15. The van der Waals surface area contributed by atoms with Crippen molar-refractivity contribution in [2.24, 2.45) is 13.0 Å². The standard InChI is InChI=1S/C19H21N7O3/c1-26-10-20-18(25-26)12-4-3-5-13(17(12)29-2)21-14-8-16(24-23-15(14)9-27)22-19(28)11-6-7-11/h3-5,8,10-11,27H,6-7,9H2,1-2H3,(H2,21,22,24,28). The van der Waals surface area contributed by atoms with Gasteiger partial charge in [-0.3, -0.25) is 9.48 Å². The predicted molar refractivity (Wildman–Crippen MR) is 106 cm³/mol. The zero-order chi connectivity index (χ0) is 20.4. The summed E-state index contributed by atoms with van der Waals surface area (Å²) in [6, 6.07) is 7.18. The molecule has 0 bridgehead atoms. The summed E-state index contributed by atoms with van der Waals surface area (Å²) in [5.74, 6) is 1.38. The van der Waals surface area contributed by atoms with Crippen LogP contribution >= 0.6 is 0 Å². The lowest BCUT2D eigenvalue weighted by Gasteiger charge is -2.16. The van der Waals surface area contributed by atoms with E-state index < -0.39 is 0 Å². The van der Waals surface area contributed by atoms with Gasteiger partial charge in [0.05, 0.1) is 30.7 Å². The van der Waals surface area contributed by atoms with Gasteiger partial charge in [-0.2, -0.15) is 5.10 Å². The molecule has 1 fully saturated rings.